The molecule has 0 aromatic carbocycles. The summed E-state index contributed by atoms with van der Waals surface area (Å²) in [6, 6.07) is 0.156. The zero-order valence-corrected chi connectivity index (χ0v) is 12.5. The molecule has 0 amide bonds. The van der Waals surface area contributed by atoms with Crippen LogP contribution in [0.15, 0.2) is 11.4 Å². The highest BCUT2D eigenvalue weighted by Crippen LogP contribution is 2.30. The molecule has 0 aliphatic rings. The van der Waals surface area contributed by atoms with Gasteiger partial charge in [-0.3, -0.25) is 9.36 Å². The van der Waals surface area contributed by atoms with E-state index >= 15 is 0 Å². The third-order valence-electron chi connectivity index (χ3n) is 2.35. The van der Waals surface area contributed by atoms with Crippen LogP contribution in [0.25, 0.3) is 10.7 Å². The van der Waals surface area contributed by atoms with Crippen molar-refractivity contribution < 1.29 is 9.90 Å². The van der Waals surface area contributed by atoms with Crippen LogP contribution in [0.1, 0.15) is 24.9 Å². The van der Waals surface area contributed by atoms with Crippen molar-refractivity contribution in [3.8, 4) is 10.7 Å². The van der Waals surface area contributed by atoms with Crippen molar-refractivity contribution in [2.75, 3.05) is 5.75 Å². The second-order valence-corrected chi connectivity index (χ2v) is 6.37. The zero-order valence-electron chi connectivity index (χ0n) is 10.8. The summed E-state index contributed by atoms with van der Waals surface area (Å²) in [6.07, 6.45) is 1.77. The Morgan fingerprint density at radius 3 is 2.79 bits per heavy atom. The largest absolute Gasteiger partial charge is 0.481 e. The van der Waals surface area contributed by atoms with Gasteiger partial charge in [0.2, 0.25) is 0 Å². The van der Waals surface area contributed by atoms with E-state index in [9.17, 15) is 4.79 Å². The molecule has 0 saturated carbocycles. The fourth-order valence-corrected chi connectivity index (χ4v) is 3.15. The normalized spacial score (nSPS) is 11.2. The number of aromatic nitrogens is 4. The summed E-state index contributed by atoms with van der Waals surface area (Å²) in [5.41, 5.74) is 0. The number of thioether (sulfide) groups is 1. The van der Waals surface area contributed by atoms with Crippen molar-refractivity contribution >= 4 is 29.1 Å². The van der Waals surface area contributed by atoms with Crippen molar-refractivity contribution in [1.82, 2.24) is 19.7 Å². The van der Waals surface area contributed by atoms with Crippen molar-refractivity contribution in [2.24, 2.45) is 0 Å². The van der Waals surface area contributed by atoms with Gasteiger partial charge >= 0.3 is 5.97 Å². The summed E-state index contributed by atoms with van der Waals surface area (Å²) in [5.74, 6) is -0.140. The van der Waals surface area contributed by atoms with Crippen LogP contribution in [-0.2, 0) is 4.79 Å². The molecule has 102 valence electrons. The highest BCUT2D eigenvalue weighted by atomic mass is 32.2. The number of nitrogens with zero attached hydrogens (tertiary/aromatic N) is 4. The molecule has 0 spiro atoms. The highest BCUT2D eigenvalue weighted by Gasteiger charge is 2.18. The molecular weight excluding hydrogens is 284 g/mol. The number of carbonyl (C=O) groups is 1. The quantitative estimate of drug-likeness (QED) is 0.854. The first-order valence-electron chi connectivity index (χ1n) is 5.71. The van der Waals surface area contributed by atoms with Crippen molar-refractivity contribution in [3.63, 3.8) is 0 Å². The lowest BCUT2D eigenvalue weighted by Gasteiger charge is -2.12. The van der Waals surface area contributed by atoms with Crippen LogP contribution in [0.4, 0.5) is 0 Å². The van der Waals surface area contributed by atoms with E-state index in [1.807, 2.05) is 25.3 Å². The molecule has 2 aromatic heterocycles. The molecule has 8 heteroatoms. The van der Waals surface area contributed by atoms with Crippen molar-refractivity contribution in [2.45, 2.75) is 32.0 Å². The molecule has 6 nitrogen and oxygen atoms in total. The first kappa shape index (κ1) is 14.0. The first-order valence-corrected chi connectivity index (χ1v) is 7.51. The predicted molar refractivity (Wildman–Crippen MR) is 74.6 cm³/mol. The number of rotatable bonds is 5. The number of carboxylic acids is 1. The molecule has 2 rings (SSSR count). The van der Waals surface area contributed by atoms with E-state index in [-0.39, 0.29) is 11.8 Å². The third kappa shape index (κ3) is 3.13. The van der Waals surface area contributed by atoms with E-state index < -0.39 is 5.97 Å². The molecule has 0 aliphatic carbocycles. The molecule has 0 aliphatic heterocycles. The zero-order chi connectivity index (χ0) is 14.0. The molecule has 0 atom stereocenters. The number of aryl methyl sites for hydroxylation is 1. The minimum Gasteiger partial charge on any atom is -0.481 e. The lowest BCUT2D eigenvalue weighted by atomic mass is 10.3. The van der Waals surface area contributed by atoms with Crippen molar-refractivity contribution in [3.05, 3.63) is 11.2 Å². The summed E-state index contributed by atoms with van der Waals surface area (Å²) >= 11 is 2.73. The third-order valence-corrected chi connectivity index (χ3v) is 4.18. The average molecular weight is 298 g/mol. The molecule has 0 unspecified atom stereocenters. The van der Waals surface area contributed by atoms with Gasteiger partial charge in [-0.25, -0.2) is 4.98 Å². The lowest BCUT2D eigenvalue weighted by molar-refractivity contribution is -0.133. The Hall–Kier alpha value is -1.41. The molecule has 2 heterocycles. The van der Waals surface area contributed by atoms with Gasteiger partial charge in [0.15, 0.2) is 11.0 Å². The summed E-state index contributed by atoms with van der Waals surface area (Å²) < 4.78 is 1.94. The van der Waals surface area contributed by atoms with E-state index in [1.54, 1.807) is 17.5 Å². The molecule has 0 saturated heterocycles. The molecule has 0 fully saturated rings. The molecule has 0 radical (unpaired) electrons. The molecule has 1 N–H and O–H groups in total. The van der Waals surface area contributed by atoms with Gasteiger partial charge in [-0.05, 0) is 20.8 Å². The first-order chi connectivity index (χ1) is 8.99. The lowest BCUT2D eigenvalue weighted by Crippen LogP contribution is -2.06. The maximum Gasteiger partial charge on any atom is 0.313 e. The SMILES string of the molecule is Cc1ncc(-c2nnc(SCC(=O)O)n2C(C)C)s1. The topological polar surface area (TPSA) is 80.9 Å². The highest BCUT2D eigenvalue weighted by molar-refractivity contribution is 7.99. The summed E-state index contributed by atoms with van der Waals surface area (Å²) in [6.45, 7) is 5.97. The number of aliphatic carboxylic acids is 1. The molecule has 0 bridgehead atoms. The van der Waals surface area contributed by atoms with Crippen molar-refractivity contribution in [1.29, 1.82) is 0 Å². The number of thiazole rings is 1. The Labute approximate surface area is 118 Å². The van der Waals surface area contributed by atoms with Gasteiger partial charge in [0, 0.05) is 12.2 Å². The second-order valence-electron chi connectivity index (χ2n) is 4.20. The standard InChI is InChI=1S/C11H14N4O2S2/c1-6(2)15-10(8-4-12-7(3)19-8)13-14-11(15)18-5-9(16)17/h4,6H,5H2,1-3H3,(H,16,17). The fourth-order valence-electron chi connectivity index (χ4n) is 1.60. The monoisotopic (exact) mass is 298 g/mol. The Bertz CT molecular complexity index is 591. The van der Waals surface area contributed by atoms with E-state index in [0.717, 1.165) is 15.7 Å². The van der Waals surface area contributed by atoms with Crippen LogP contribution in [-0.4, -0.2) is 36.6 Å². The van der Waals surface area contributed by atoms with Gasteiger partial charge in [-0.15, -0.1) is 21.5 Å². The summed E-state index contributed by atoms with van der Waals surface area (Å²) in [5, 5.41) is 18.6. The minimum atomic E-state index is -0.863. The minimum absolute atomic E-state index is 0.0213. The number of hydrogen-bond acceptors (Lipinski definition) is 6. The van der Waals surface area contributed by atoms with Gasteiger partial charge < -0.3 is 5.11 Å². The van der Waals surface area contributed by atoms with Gasteiger partial charge in [-0.1, -0.05) is 11.8 Å². The summed E-state index contributed by atoms with van der Waals surface area (Å²) in [7, 11) is 0. The van der Waals surface area contributed by atoms with E-state index in [2.05, 4.69) is 15.2 Å². The van der Waals surface area contributed by atoms with E-state index in [1.165, 1.54) is 11.8 Å². The van der Waals surface area contributed by atoms with Gasteiger partial charge in [0.05, 0.1) is 15.6 Å². The van der Waals surface area contributed by atoms with E-state index in [0.29, 0.717) is 5.16 Å². The van der Waals surface area contributed by atoms with Gasteiger partial charge in [0.25, 0.3) is 0 Å². The Morgan fingerprint density at radius 2 is 2.26 bits per heavy atom. The predicted octanol–water partition coefficient (Wildman–Crippen LogP) is 2.47. The van der Waals surface area contributed by atoms with Crippen LogP contribution in [0.3, 0.4) is 0 Å². The second kappa shape index (κ2) is 5.70. The maximum atomic E-state index is 10.6. The number of carboxylic acid groups (broad SMARTS) is 1. The van der Waals surface area contributed by atoms with Crippen LogP contribution in [0, 0.1) is 6.92 Å². The van der Waals surface area contributed by atoms with Crippen LogP contribution >= 0.6 is 23.1 Å². The molecular formula is C11H14N4O2S2. The Kier molecular flexibility index (Phi) is 4.20. The Morgan fingerprint density at radius 1 is 1.53 bits per heavy atom. The summed E-state index contributed by atoms with van der Waals surface area (Å²) in [4.78, 5) is 15.8. The van der Waals surface area contributed by atoms with Crippen LogP contribution in [0.2, 0.25) is 0 Å². The van der Waals surface area contributed by atoms with Gasteiger partial charge in [0.1, 0.15) is 0 Å². The molecule has 19 heavy (non-hydrogen) atoms. The van der Waals surface area contributed by atoms with Crippen LogP contribution < -0.4 is 0 Å². The van der Waals surface area contributed by atoms with Gasteiger partial charge in [-0.2, -0.15) is 0 Å². The number of hydrogen-bond donors (Lipinski definition) is 1. The fraction of sp³-hybridized carbons (Fsp3) is 0.455. The smallest absolute Gasteiger partial charge is 0.313 e. The van der Waals surface area contributed by atoms with Crippen LogP contribution in [0.5, 0.6) is 0 Å². The Balaban J connectivity index is 2.37. The average Bonchev–Trinajstić information content (AvgIpc) is 2.91. The maximum absolute atomic E-state index is 10.6. The molecule has 2 aromatic rings. The van der Waals surface area contributed by atoms with E-state index in [4.69, 9.17) is 5.11 Å².